The van der Waals surface area contributed by atoms with E-state index in [1.807, 2.05) is 24.3 Å². The van der Waals surface area contributed by atoms with Gasteiger partial charge in [-0.25, -0.2) is 0 Å². The first-order valence-corrected chi connectivity index (χ1v) is 10.1. The summed E-state index contributed by atoms with van der Waals surface area (Å²) in [5.74, 6) is 0. The highest BCUT2D eigenvalue weighted by Crippen LogP contribution is 2.27. The van der Waals surface area contributed by atoms with Crippen LogP contribution in [-0.4, -0.2) is 0 Å². The average Bonchev–Trinajstić information content (AvgIpc) is 2.72. The van der Waals surface area contributed by atoms with Gasteiger partial charge in [0.25, 0.3) is 0 Å². The second kappa shape index (κ2) is 12.3. The van der Waals surface area contributed by atoms with Crippen molar-refractivity contribution >= 4 is 37.0 Å². The van der Waals surface area contributed by atoms with Gasteiger partial charge in [0, 0.05) is 19.6 Å². The summed E-state index contributed by atoms with van der Waals surface area (Å²) in [6.45, 7) is 0. The molecule has 136 valence electrons. The summed E-state index contributed by atoms with van der Waals surface area (Å²) in [5, 5.41) is 0. The summed E-state index contributed by atoms with van der Waals surface area (Å²) >= 11 is 3.58. The molecule has 0 aromatic heterocycles. The molecule has 0 N–H and O–H groups in total. The van der Waals surface area contributed by atoms with Crippen molar-refractivity contribution in [3.63, 3.8) is 0 Å². The maximum Gasteiger partial charge on any atom is 0.0122 e. The Balaban J connectivity index is 0.000000187. The summed E-state index contributed by atoms with van der Waals surface area (Å²) in [5.41, 5.74) is 0. The van der Waals surface area contributed by atoms with Crippen LogP contribution in [-0.2, 0) is 0 Å². The van der Waals surface area contributed by atoms with E-state index >= 15 is 0 Å². The minimum atomic E-state index is 0. The first kappa shape index (κ1) is 21.2. The molecule has 0 aliphatic heterocycles. The fraction of sp³-hybridized carbons (Fsp3) is 0. The third-order valence-corrected chi connectivity index (χ3v) is 5.48. The van der Waals surface area contributed by atoms with E-state index in [0.717, 1.165) is 0 Å². The van der Waals surface area contributed by atoms with Crippen LogP contribution >= 0.6 is 37.0 Å². The van der Waals surface area contributed by atoms with Crippen molar-refractivity contribution in [1.29, 1.82) is 0 Å². The molecule has 0 saturated carbocycles. The van der Waals surface area contributed by atoms with Crippen LogP contribution in [0.5, 0.6) is 0 Å². The van der Waals surface area contributed by atoms with E-state index in [2.05, 4.69) is 97.1 Å². The molecule has 0 fully saturated rings. The molecule has 0 saturated heterocycles. The smallest absolute Gasteiger partial charge is 0.0122 e. The average molecular weight is 407 g/mol. The molecule has 0 amide bonds. The molecular formula is C24H22S3. The standard InChI is InChI=1S/2C12H10S.H2S/c2*1-3-7-11(8-4-1)13-12-9-5-2-6-10-12;/h2*1-10H;1H2. The van der Waals surface area contributed by atoms with Crippen molar-refractivity contribution in [2.24, 2.45) is 0 Å². The lowest BCUT2D eigenvalue weighted by atomic mass is 10.4. The maximum atomic E-state index is 2.12. The molecule has 0 spiro atoms. The van der Waals surface area contributed by atoms with Gasteiger partial charge in [0.15, 0.2) is 0 Å². The van der Waals surface area contributed by atoms with Crippen LogP contribution in [0, 0.1) is 0 Å². The molecule has 4 aromatic rings. The van der Waals surface area contributed by atoms with Crippen LogP contribution in [0.25, 0.3) is 0 Å². The second-order valence-electron chi connectivity index (χ2n) is 5.46. The summed E-state index contributed by atoms with van der Waals surface area (Å²) in [6.07, 6.45) is 0. The first-order valence-electron chi connectivity index (χ1n) is 8.46. The number of benzene rings is 4. The highest BCUT2D eigenvalue weighted by molar-refractivity contribution is 7.99. The molecule has 0 nitrogen and oxygen atoms in total. The zero-order valence-electron chi connectivity index (χ0n) is 14.9. The molecule has 0 unspecified atom stereocenters. The Hall–Kier alpha value is -2.07. The molecule has 0 radical (unpaired) electrons. The Morgan fingerprint density at radius 2 is 0.481 bits per heavy atom. The van der Waals surface area contributed by atoms with Crippen molar-refractivity contribution in [2.45, 2.75) is 19.6 Å². The van der Waals surface area contributed by atoms with E-state index in [1.165, 1.54) is 19.6 Å². The topological polar surface area (TPSA) is 0 Å². The third-order valence-electron chi connectivity index (χ3n) is 3.44. The van der Waals surface area contributed by atoms with E-state index in [1.54, 1.807) is 23.5 Å². The molecule has 0 atom stereocenters. The van der Waals surface area contributed by atoms with Crippen LogP contribution in [0.1, 0.15) is 0 Å². The minimum Gasteiger partial charge on any atom is -0.197 e. The fourth-order valence-electron chi connectivity index (χ4n) is 2.23. The lowest BCUT2D eigenvalue weighted by molar-refractivity contribution is 1.41. The summed E-state index contributed by atoms with van der Waals surface area (Å²) in [4.78, 5) is 5.14. The van der Waals surface area contributed by atoms with E-state index in [0.29, 0.717) is 0 Å². The van der Waals surface area contributed by atoms with Gasteiger partial charge in [0.05, 0.1) is 0 Å². The highest BCUT2D eigenvalue weighted by Gasteiger charge is 1.94. The largest absolute Gasteiger partial charge is 0.197 e. The molecule has 0 aliphatic rings. The predicted molar refractivity (Wildman–Crippen MR) is 124 cm³/mol. The van der Waals surface area contributed by atoms with Crippen molar-refractivity contribution in [2.75, 3.05) is 0 Å². The van der Waals surface area contributed by atoms with Gasteiger partial charge in [-0.15, -0.1) is 0 Å². The fourth-order valence-corrected chi connectivity index (χ4v) is 3.94. The van der Waals surface area contributed by atoms with Crippen LogP contribution in [0.15, 0.2) is 141 Å². The van der Waals surface area contributed by atoms with Crippen molar-refractivity contribution in [3.05, 3.63) is 121 Å². The molecule has 0 bridgehead atoms. The monoisotopic (exact) mass is 406 g/mol. The van der Waals surface area contributed by atoms with Gasteiger partial charge < -0.3 is 0 Å². The second-order valence-corrected chi connectivity index (χ2v) is 7.75. The normalized spacial score (nSPS) is 9.48. The molecular weight excluding hydrogens is 384 g/mol. The zero-order chi connectivity index (χ0) is 17.9. The number of rotatable bonds is 4. The summed E-state index contributed by atoms with van der Waals surface area (Å²) in [6, 6.07) is 41.6. The van der Waals surface area contributed by atoms with Gasteiger partial charge in [0.2, 0.25) is 0 Å². The Bertz CT molecular complexity index is 712. The van der Waals surface area contributed by atoms with Gasteiger partial charge in [-0.3, -0.25) is 0 Å². The molecule has 27 heavy (non-hydrogen) atoms. The van der Waals surface area contributed by atoms with E-state index in [4.69, 9.17) is 0 Å². The predicted octanol–water partition coefficient (Wildman–Crippen LogP) is 7.79. The minimum absolute atomic E-state index is 0. The summed E-state index contributed by atoms with van der Waals surface area (Å²) < 4.78 is 0. The van der Waals surface area contributed by atoms with Crippen molar-refractivity contribution < 1.29 is 0 Å². The van der Waals surface area contributed by atoms with Gasteiger partial charge in [-0.2, -0.15) is 13.5 Å². The first-order chi connectivity index (χ1) is 12.9. The number of hydrogen-bond donors (Lipinski definition) is 0. The Labute approximate surface area is 177 Å². The van der Waals surface area contributed by atoms with E-state index in [-0.39, 0.29) is 13.5 Å². The lowest BCUT2D eigenvalue weighted by Crippen LogP contribution is -1.70. The molecule has 4 rings (SSSR count). The zero-order valence-corrected chi connectivity index (χ0v) is 17.5. The van der Waals surface area contributed by atoms with Gasteiger partial charge in [0.1, 0.15) is 0 Å². The molecule has 0 heterocycles. The number of hydrogen-bond acceptors (Lipinski definition) is 2. The van der Waals surface area contributed by atoms with E-state index < -0.39 is 0 Å². The van der Waals surface area contributed by atoms with Crippen LogP contribution in [0.3, 0.4) is 0 Å². The van der Waals surface area contributed by atoms with Crippen LogP contribution < -0.4 is 0 Å². The van der Waals surface area contributed by atoms with Gasteiger partial charge >= 0.3 is 0 Å². The Morgan fingerprint density at radius 1 is 0.296 bits per heavy atom. The quantitative estimate of drug-likeness (QED) is 0.339. The lowest BCUT2D eigenvalue weighted by Gasteiger charge is -1.99. The SMILES string of the molecule is S.c1ccc(Sc2ccccc2)cc1.c1ccc(Sc2ccccc2)cc1. The van der Waals surface area contributed by atoms with Crippen molar-refractivity contribution in [3.8, 4) is 0 Å². The maximum absolute atomic E-state index is 2.12. The molecule has 0 aliphatic carbocycles. The summed E-state index contributed by atoms with van der Waals surface area (Å²) in [7, 11) is 0. The Morgan fingerprint density at radius 3 is 0.667 bits per heavy atom. The molecule has 4 aromatic carbocycles. The highest BCUT2D eigenvalue weighted by atomic mass is 32.2. The van der Waals surface area contributed by atoms with Gasteiger partial charge in [-0.05, 0) is 48.5 Å². The molecule has 3 heteroatoms. The van der Waals surface area contributed by atoms with Crippen molar-refractivity contribution in [1.82, 2.24) is 0 Å². The van der Waals surface area contributed by atoms with Gasteiger partial charge in [-0.1, -0.05) is 96.3 Å². The van der Waals surface area contributed by atoms with E-state index in [9.17, 15) is 0 Å². The third kappa shape index (κ3) is 8.00. The Kier molecular flexibility index (Phi) is 9.70. The van der Waals surface area contributed by atoms with Crippen LogP contribution in [0.4, 0.5) is 0 Å². The van der Waals surface area contributed by atoms with Crippen LogP contribution in [0.2, 0.25) is 0 Å².